The molecule has 0 unspecified atom stereocenters. The van der Waals surface area contributed by atoms with Gasteiger partial charge in [0.2, 0.25) is 0 Å². The summed E-state index contributed by atoms with van der Waals surface area (Å²) >= 11 is 0. The fraction of sp³-hybridized carbons (Fsp3) is 1.00. The average Bonchev–Trinajstić information content (AvgIpc) is 2.30. The van der Waals surface area contributed by atoms with Gasteiger partial charge in [-0.2, -0.15) is 0 Å². The molecule has 0 aromatic rings. The van der Waals surface area contributed by atoms with Crippen molar-refractivity contribution in [3.8, 4) is 0 Å². The van der Waals surface area contributed by atoms with Crippen molar-refractivity contribution in [3.05, 3.63) is 0 Å². The van der Waals surface area contributed by atoms with Crippen LogP contribution in [0.25, 0.3) is 0 Å². The van der Waals surface area contributed by atoms with Crippen molar-refractivity contribution in [2.75, 3.05) is 0 Å². The van der Waals surface area contributed by atoms with E-state index in [1.807, 2.05) is 0 Å². The summed E-state index contributed by atoms with van der Waals surface area (Å²) < 4.78 is 0. The quantitative estimate of drug-likeness (QED) is 0.543. The Morgan fingerprint density at radius 2 is 0.875 bits per heavy atom. The standard InChI is InChI=1S/C16H32/c1-3-15-11-7-5-9-13-16(4-2)14-10-6-8-12-15/h15-16H,3-14H2,1-2H3. The van der Waals surface area contributed by atoms with Crippen molar-refractivity contribution in [3.63, 3.8) is 0 Å². The van der Waals surface area contributed by atoms with Gasteiger partial charge >= 0.3 is 0 Å². The van der Waals surface area contributed by atoms with Crippen LogP contribution in [0.1, 0.15) is 90.9 Å². The van der Waals surface area contributed by atoms with Crippen LogP contribution in [-0.2, 0) is 0 Å². The first-order chi connectivity index (χ1) is 7.86. The molecule has 1 aliphatic rings. The summed E-state index contributed by atoms with van der Waals surface area (Å²) in [5.41, 5.74) is 0. The molecule has 0 spiro atoms. The Balaban J connectivity index is 2.27. The minimum atomic E-state index is 1.04. The summed E-state index contributed by atoms with van der Waals surface area (Å²) in [5, 5.41) is 0. The van der Waals surface area contributed by atoms with Crippen LogP contribution >= 0.6 is 0 Å². The van der Waals surface area contributed by atoms with Gasteiger partial charge in [-0.1, -0.05) is 90.9 Å². The normalized spacial score (nSPS) is 30.4. The maximum atomic E-state index is 2.38. The maximum Gasteiger partial charge on any atom is -0.0417 e. The van der Waals surface area contributed by atoms with Gasteiger partial charge in [0.05, 0.1) is 0 Å². The van der Waals surface area contributed by atoms with E-state index < -0.39 is 0 Å². The lowest BCUT2D eigenvalue weighted by molar-refractivity contribution is 0.349. The first kappa shape index (κ1) is 14.1. The summed E-state index contributed by atoms with van der Waals surface area (Å²) in [7, 11) is 0. The van der Waals surface area contributed by atoms with E-state index in [0.717, 1.165) is 11.8 Å². The lowest BCUT2D eigenvalue weighted by atomic mass is 9.88. The molecule has 96 valence electrons. The molecule has 0 heterocycles. The maximum absolute atomic E-state index is 2.38. The molecule has 0 nitrogen and oxygen atoms in total. The highest BCUT2D eigenvalue weighted by molar-refractivity contribution is 4.63. The summed E-state index contributed by atoms with van der Waals surface area (Å²) in [6.45, 7) is 4.76. The van der Waals surface area contributed by atoms with E-state index in [4.69, 9.17) is 0 Å². The smallest absolute Gasteiger partial charge is 0.0417 e. The lowest BCUT2D eigenvalue weighted by Crippen LogP contribution is -2.03. The third kappa shape index (κ3) is 5.92. The number of rotatable bonds is 2. The molecule has 0 aromatic carbocycles. The predicted octanol–water partition coefficient (Wildman–Crippen LogP) is 5.95. The predicted molar refractivity (Wildman–Crippen MR) is 73.7 cm³/mol. The number of hydrogen-bond acceptors (Lipinski definition) is 0. The third-order valence-electron chi connectivity index (χ3n) is 4.60. The van der Waals surface area contributed by atoms with Gasteiger partial charge in [-0.05, 0) is 11.8 Å². The van der Waals surface area contributed by atoms with Gasteiger partial charge in [-0.3, -0.25) is 0 Å². The van der Waals surface area contributed by atoms with Crippen LogP contribution in [0.3, 0.4) is 0 Å². The molecule has 0 aliphatic heterocycles. The van der Waals surface area contributed by atoms with Gasteiger partial charge in [0.1, 0.15) is 0 Å². The zero-order chi connectivity index (χ0) is 11.6. The summed E-state index contributed by atoms with van der Waals surface area (Å²) in [5.74, 6) is 2.09. The largest absolute Gasteiger partial charge is 0.0651 e. The van der Waals surface area contributed by atoms with Crippen LogP contribution in [-0.4, -0.2) is 0 Å². The van der Waals surface area contributed by atoms with E-state index in [0.29, 0.717) is 0 Å². The van der Waals surface area contributed by atoms with Gasteiger partial charge in [0.25, 0.3) is 0 Å². The topological polar surface area (TPSA) is 0 Å². The zero-order valence-corrected chi connectivity index (χ0v) is 11.6. The third-order valence-corrected chi connectivity index (χ3v) is 4.60. The van der Waals surface area contributed by atoms with Crippen molar-refractivity contribution in [2.45, 2.75) is 90.9 Å². The highest BCUT2D eigenvalue weighted by atomic mass is 14.2. The van der Waals surface area contributed by atoms with E-state index in [-0.39, 0.29) is 0 Å². The fourth-order valence-corrected chi connectivity index (χ4v) is 3.19. The Labute approximate surface area is 103 Å². The molecule has 0 N–H and O–H groups in total. The molecule has 1 rings (SSSR count). The van der Waals surface area contributed by atoms with Gasteiger partial charge in [0.15, 0.2) is 0 Å². The summed E-state index contributed by atoms with van der Waals surface area (Å²) in [6, 6.07) is 0. The minimum Gasteiger partial charge on any atom is -0.0651 e. The Hall–Kier alpha value is 0. The van der Waals surface area contributed by atoms with Crippen molar-refractivity contribution < 1.29 is 0 Å². The summed E-state index contributed by atoms with van der Waals surface area (Å²) in [4.78, 5) is 0. The highest BCUT2D eigenvalue weighted by Crippen LogP contribution is 2.26. The SMILES string of the molecule is CCC1CCCCCC(CC)CCCCC1. The van der Waals surface area contributed by atoms with E-state index in [2.05, 4.69) is 13.8 Å². The minimum absolute atomic E-state index is 1.04. The first-order valence-electron chi connectivity index (χ1n) is 7.86. The van der Waals surface area contributed by atoms with Crippen LogP contribution in [0.15, 0.2) is 0 Å². The van der Waals surface area contributed by atoms with Gasteiger partial charge < -0.3 is 0 Å². The fourth-order valence-electron chi connectivity index (χ4n) is 3.19. The van der Waals surface area contributed by atoms with Gasteiger partial charge in [0, 0.05) is 0 Å². The molecular formula is C16H32. The Morgan fingerprint density at radius 3 is 1.12 bits per heavy atom. The molecule has 1 aliphatic carbocycles. The van der Waals surface area contributed by atoms with Crippen LogP contribution in [0, 0.1) is 11.8 Å². The van der Waals surface area contributed by atoms with E-state index in [1.165, 1.54) is 77.0 Å². The number of hydrogen-bond donors (Lipinski definition) is 0. The van der Waals surface area contributed by atoms with Crippen molar-refractivity contribution in [1.29, 1.82) is 0 Å². The van der Waals surface area contributed by atoms with Crippen LogP contribution in [0.4, 0.5) is 0 Å². The second kappa shape index (κ2) is 9.07. The van der Waals surface area contributed by atoms with E-state index in [9.17, 15) is 0 Å². The molecule has 16 heavy (non-hydrogen) atoms. The Morgan fingerprint density at radius 1 is 0.562 bits per heavy atom. The molecule has 0 amide bonds. The van der Waals surface area contributed by atoms with E-state index >= 15 is 0 Å². The Bertz CT molecular complexity index is 120. The first-order valence-corrected chi connectivity index (χ1v) is 7.86. The van der Waals surface area contributed by atoms with E-state index in [1.54, 1.807) is 0 Å². The molecule has 0 bridgehead atoms. The highest BCUT2D eigenvalue weighted by Gasteiger charge is 2.10. The van der Waals surface area contributed by atoms with Crippen LogP contribution in [0.5, 0.6) is 0 Å². The van der Waals surface area contributed by atoms with Gasteiger partial charge in [-0.25, -0.2) is 0 Å². The molecule has 0 radical (unpaired) electrons. The molecule has 0 saturated heterocycles. The summed E-state index contributed by atoms with van der Waals surface area (Å²) in [6.07, 6.45) is 17.8. The van der Waals surface area contributed by atoms with Crippen LogP contribution < -0.4 is 0 Å². The molecule has 0 aromatic heterocycles. The lowest BCUT2D eigenvalue weighted by Gasteiger charge is -2.18. The molecule has 0 heteroatoms. The molecule has 1 fully saturated rings. The van der Waals surface area contributed by atoms with Crippen molar-refractivity contribution >= 4 is 0 Å². The monoisotopic (exact) mass is 224 g/mol. The zero-order valence-electron chi connectivity index (χ0n) is 11.6. The second-order valence-corrected chi connectivity index (χ2v) is 5.82. The van der Waals surface area contributed by atoms with Crippen LogP contribution in [0.2, 0.25) is 0 Å². The molecule has 1 saturated carbocycles. The van der Waals surface area contributed by atoms with Gasteiger partial charge in [-0.15, -0.1) is 0 Å². The Kier molecular flexibility index (Phi) is 7.98. The molecular weight excluding hydrogens is 192 g/mol. The van der Waals surface area contributed by atoms with Crippen molar-refractivity contribution in [1.82, 2.24) is 0 Å². The molecule has 0 atom stereocenters. The average molecular weight is 224 g/mol. The second-order valence-electron chi connectivity index (χ2n) is 5.82. The van der Waals surface area contributed by atoms with Crippen molar-refractivity contribution in [2.24, 2.45) is 11.8 Å².